The molecule has 4 nitrogen and oxygen atoms in total. The number of unbranched alkanes of at least 4 members (excludes halogenated alkanes) is 1. The number of thiophene rings is 1. The van der Waals surface area contributed by atoms with E-state index in [1.165, 1.54) is 0 Å². The minimum absolute atomic E-state index is 0.442. The van der Waals surface area contributed by atoms with E-state index in [-0.39, 0.29) is 0 Å². The van der Waals surface area contributed by atoms with E-state index in [2.05, 4.69) is 12.1 Å². The second-order valence-electron chi connectivity index (χ2n) is 6.28. The van der Waals surface area contributed by atoms with Gasteiger partial charge in [0.05, 0.1) is 17.0 Å². The number of carbonyl (C=O) groups is 1. The summed E-state index contributed by atoms with van der Waals surface area (Å²) >= 11 is 1.57. The van der Waals surface area contributed by atoms with Crippen LogP contribution in [0.15, 0.2) is 77.3 Å². The zero-order valence-electron chi connectivity index (χ0n) is 15.8. The van der Waals surface area contributed by atoms with Crippen LogP contribution in [0.5, 0.6) is 5.75 Å². The Balaban J connectivity index is 1.67. The summed E-state index contributed by atoms with van der Waals surface area (Å²) in [6.07, 6.45) is 2.68. The van der Waals surface area contributed by atoms with Crippen LogP contribution in [0, 0.1) is 0 Å². The molecule has 0 unspecified atom stereocenters. The highest BCUT2D eigenvalue weighted by Crippen LogP contribution is 2.16. The Kier molecular flexibility index (Phi) is 7.38. The van der Waals surface area contributed by atoms with Crippen molar-refractivity contribution in [1.82, 2.24) is 0 Å². The lowest BCUT2D eigenvalue weighted by atomic mass is 10.1. The molecule has 144 valence electrons. The zero-order chi connectivity index (χ0) is 19.6. The van der Waals surface area contributed by atoms with E-state index in [0.717, 1.165) is 34.7 Å². The highest BCUT2D eigenvalue weighted by molar-refractivity contribution is 7.12. The van der Waals surface area contributed by atoms with Gasteiger partial charge >= 0.3 is 5.97 Å². The number of hydrogen-bond acceptors (Lipinski definition) is 5. The summed E-state index contributed by atoms with van der Waals surface area (Å²) in [5.74, 6) is 0.263. The molecule has 5 heteroatoms. The first-order valence-corrected chi connectivity index (χ1v) is 10.2. The SMILES string of the molecule is CCCCOc1ccc(C(=O)ON=C(Cc2ccccc2)c2cccs2)cc1. The number of ether oxygens (including phenoxy) is 1. The number of hydrogen-bond donors (Lipinski definition) is 0. The molecule has 3 aromatic rings. The molecule has 3 rings (SSSR count). The summed E-state index contributed by atoms with van der Waals surface area (Å²) in [7, 11) is 0. The third kappa shape index (κ3) is 5.79. The smallest absolute Gasteiger partial charge is 0.365 e. The van der Waals surface area contributed by atoms with Gasteiger partial charge in [0.15, 0.2) is 0 Å². The lowest BCUT2D eigenvalue weighted by Crippen LogP contribution is -2.08. The van der Waals surface area contributed by atoms with Crippen LogP contribution in [-0.2, 0) is 11.3 Å². The van der Waals surface area contributed by atoms with Crippen molar-refractivity contribution in [3.63, 3.8) is 0 Å². The molecule has 0 bridgehead atoms. The maximum atomic E-state index is 12.4. The molecule has 0 radical (unpaired) electrons. The number of carbonyl (C=O) groups excluding carboxylic acids is 1. The standard InChI is InChI=1S/C23H23NO3S/c1-2-3-15-26-20-13-11-19(12-14-20)23(25)27-24-21(22-10-7-16-28-22)17-18-8-5-4-6-9-18/h4-14,16H,2-3,15,17H2,1H3. The second kappa shape index (κ2) is 10.4. The third-order valence-corrected chi connectivity index (χ3v) is 5.03. The van der Waals surface area contributed by atoms with Crippen LogP contribution >= 0.6 is 11.3 Å². The van der Waals surface area contributed by atoms with Gasteiger partial charge in [-0.05, 0) is 47.7 Å². The Labute approximate surface area is 169 Å². The van der Waals surface area contributed by atoms with Crippen molar-refractivity contribution >= 4 is 23.0 Å². The molecule has 1 heterocycles. The number of benzene rings is 2. The Hall–Kier alpha value is -2.92. The molecule has 0 aliphatic rings. The van der Waals surface area contributed by atoms with E-state index >= 15 is 0 Å². The Morgan fingerprint density at radius 3 is 2.46 bits per heavy atom. The van der Waals surface area contributed by atoms with Gasteiger partial charge in [0.25, 0.3) is 0 Å². The molecule has 1 aromatic heterocycles. The van der Waals surface area contributed by atoms with Gasteiger partial charge in [-0.3, -0.25) is 0 Å². The van der Waals surface area contributed by atoms with Crippen LogP contribution in [-0.4, -0.2) is 18.3 Å². The van der Waals surface area contributed by atoms with Crippen molar-refractivity contribution in [3.8, 4) is 5.75 Å². The first-order chi connectivity index (χ1) is 13.8. The van der Waals surface area contributed by atoms with E-state index < -0.39 is 5.97 Å². The van der Waals surface area contributed by atoms with Crippen molar-refractivity contribution in [3.05, 3.63) is 88.1 Å². The summed E-state index contributed by atoms with van der Waals surface area (Å²) in [6.45, 7) is 2.79. The molecule has 0 amide bonds. The third-order valence-electron chi connectivity index (χ3n) is 4.12. The monoisotopic (exact) mass is 393 g/mol. The first-order valence-electron chi connectivity index (χ1n) is 9.35. The number of oxime groups is 1. The van der Waals surface area contributed by atoms with Crippen molar-refractivity contribution in [1.29, 1.82) is 0 Å². The quantitative estimate of drug-likeness (QED) is 0.202. The van der Waals surface area contributed by atoms with Crippen LogP contribution in [0.2, 0.25) is 0 Å². The van der Waals surface area contributed by atoms with Crippen LogP contribution in [0.1, 0.15) is 40.6 Å². The fourth-order valence-electron chi connectivity index (χ4n) is 2.57. The lowest BCUT2D eigenvalue weighted by molar-refractivity contribution is 0.0516. The van der Waals surface area contributed by atoms with Crippen LogP contribution in [0.4, 0.5) is 0 Å². The molecule has 0 spiro atoms. The van der Waals surface area contributed by atoms with Crippen molar-refractivity contribution in [2.24, 2.45) is 5.16 Å². The molecule has 0 atom stereocenters. The van der Waals surface area contributed by atoms with Gasteiger partial charge in [0.1, 0.15) is 11.5 Å². The van der Waals surface area contributed by atoms with Gasteiger partial charge in [-0.1, -0.05) is 54.9 Å². The molecule has 0 saturated carbocycles. The summed E-state index contributed by atoms with van der Waals surface area (Å²) in [5, 5.41) is 6.15. The Bertz CT molecular complexity index is 887. The molecule has 0 fully saturated rings. The van der Waals surface area contributed by atoms with Gasteiger partial charge in [0, 0.05) is 6.42 Å². The molecule has 0 N–H and O–H groups in total. The predicted octanol–water partition coefficient (Wildman–Crippen LogP) is 5.73. The Morgan fingerprint density at radius 1 is 1.00 bits per heavy atom. The summed E-state index contributed by atoms with van der Waals surface area (Å²) in [6, 6.07) is 20.9. The Morgan fingerprint density at radius 2 is 1.79 bits per heavy atom. The van der Waals surface area contributed by atoms with Gasteiger partial charge in [-0.2, -0.15) is 0 Å². The summed E-state index contributed by atoms with van der Waals surface area (Å²) < 4.78 is 5.62. The second-order valence-corrected chi connectivity index (χ2v) is 7.23. The van der Waals surface area contributed by atoms with Gasteiger partial charge in [0.2, 0.25) is 0 Å². The van der Waals surface area contributed by atoms with Gasteiger partial charge in [-0.15, -0.1) is 11.3 Å². The fraction of sp³-hybridized carbons (Fsp3) is 0.217. The lowest BCUT2D eigenvalue weighted by Gasteiger charge is -2.06. The number of nitrogens with zero attached hydrogens (tertiary/aromatic N) is 1. The fourth-order valence-corrected chi connectivity index (χ4v) is 3.27. The maximum Gasteiger partial charge on any atom is 0.365 e. The van der Waals surface area contributed by atoms with E-state index in [9.17, 15) is 4.79 Å². The van der Waals surface area contributed by atoms with Crippen LogP contribution < -0.4 is 4.74 Å². The molecule has 28 heavy (non-hydrogen) atoms. The molecule has 2 aromatic carbocycles. The average Bonchev–Trinajstić information content (AvgIpc) is 3.27. The largest absolute Gasteiger partial charge is 0.494 e. The van der Waals surface area contributed by atoms with E-state index in [0.29, 0.717) is 18.6 Å². The minimum Gasteiger partial charge on any atom is -0.494 e. The van der Waals surface area contributed by atoms with Gasteiger partial charge < -0.3 is 9.57 Å². The molecular formula is C23H23NO3S. The zero-order valence-corrected chi connectivity index (χ0v) is 16.7. The van der Waals surface area contributed by atoms with E-state index in [4.69, 9.17) is 9.57 Å². The van der Waals surface area contributed by atoms with Crippen LogP contribution in [0.3, 0.4) is 0 Å². The highest BCUT2D eigenvalue weighted by atomic mass is 32.1. The minimum atomic E-state index is -0.484. The molecule has 0 aliphatic carbocycles. The van der Waals surface area contributed by atoms with Gasteiger partial charge in [-0.25, -0.2) is 4.79 Å². The summed E-state index contributed by atoms with van der Waals surface area (Å²) in [5.41, 5.74) is 2.28. The van der Waals surface area contributed by atoms with Crippen molar-refractivity contribution in [2.75, 3.05) is 6.61 Å². The molecule has 0 saturated heterocycles. The molecule has 0 aliphatic heterocycles. The van der Waals surface area contributed by atoms with Crippen molar-refractivity contribution < 1.29 is 14.4 Å². The average molecular weight is 394 g/mol. The highest BCUT2D eigenvalue weighted by Gasteiger charge is 2.11. The normalized spacial score (nSPS) is 11.2. The van der Waals surface area contributed by atoms with E-state index in [1.807, 2.05) is 47.8 Å². The topological polar surface area (TPSA) is 47.9 Å². The summed E-state index contributed by atoms with van der Waals surface area (Å²) in [4.78, 5) is 18.6. The predicted molar refractivity (Wildman–Crippen MR) is 113 cm³/mol. The van der Waals surface area contributed by atoms with Crippen molar-refractivity contribution in [2.45, 2.75) is 26.2 Å². The molecular weight excluding hydrogens is 370 g/mol. The van der Waals surface area contributed by atoms with Crippen LogP contribution in [0.25, 0.3) is 0 Å². The number of rotatable bonds is 9. The first kappa shape index (κ1) is 19.8. The maximum absolute atomic E-state index is 12.4. The van der Waals surface area contributed by atoms with E-state index in [1.54, 1.807) is 35.6 Å².